The lowest BCUT2D eigenvalue weighted by Crippen LogP contribution is -2.25. The summed E-state index contributed by atoms with van der Waals surface area (Å²) in [5, 5.41) is 9.36. The van der Waals surface area contributed by atoms with E-state index in [-0.39, 0.29) is 5.41 Å². The van der Waals surface area contributed by atoms with Gasteiger partial charge in [-0.3, -0.25) is 9.78 Å². The molecular weight excluding hydrogens is 190 g/mol. The van der Waals surface area contributed by atoms with Gasteiger partial charge < -0.3 is 5.11 Å². The van der Waals surface area contributed by atoms with Gasteiger partial charge in [0.05, 0.1) is 5.41 Å². The fourth-order valence-corrected chi connectivity index (χ4v) is 2.41. The van der Waals surface area contributed by atoms with E-state index in [4.69, 9.17) is 0 Å². The van der Waals surface area contributed by atoms with Gasteiger partial charge >= 0.3 is 5.97 Å². The van der Waals surface area contributed by atoms with Crippen LogP contribution in [0.25, 0.3) is 0 Å². The summed E-state index contributed by atoms with van der Waals surface area (Å²) in [5.74, 6) is -0.724. The summed E-state index contributed by atoms with van der Waals surface area (Å²) in [4.78, 5) is 15.5. The van der Waals surface area contributed by atoms with Gasteiger partial charge in [-0.05, 0) is 36.5 Å². The molecule has 2 rings (SSSR count). The number of hydrogen-bond donors (Lipinski definition) is 1. The third kappa shape index (κ3) is 1.26. The highest BCUT2D eigenvalue weighted by molar-refractivity contribution is 5.87. The number of aliphatic carboxylic acids is 1. The minimum atomic E-state index is -0.724. The number of pyridine rings is 1. The number of carboxylic acids is 1. The van der Waals surface area contributed by atoms with Crippen molar-refractivity contribution >= 4 is 5.97 Å². The molecule has 1 saturated carbocycles. The second kappa shape index (κ2) is 2.81. The molecule has 0 saturated heterocycles. The van der Waals surface area contributed by atoms with Crippen molar-refractivity contribution in [1.82, 2.24) is 4.98 Å². The summed E-state index contributed by atoms with van der Waals surface area (Å²) < 4.78 is 0. The van der Waals surface area contributed by atoms with E-state index in [1.807, 2.05) is 32.9 Å². The lowest BCUT2D eigenvalue weighted by Gasteiger charge is -2.16. The Balaban J connectivity index is 2.50. The summed E-state index contributed by atoms with van der Waals surface area (Å²) in [5.41, 5.74) is 0.913. The highest BCUT2D eigenvalue weighted by Crippen LogP contribution is 2.64. The second-order valence-corrected chi connectivity index (χ2v) is 4.96. The Morgan fingerprint density at radius 1 is 1.53 bits per heavy atom. The molecule has 1 aliphatic rings. The zero-order valence-corrected chi connectivity index (χ0v) is 9.24. The molecule has 0 spiro atoms. The van der Waals surface area contributed by atoms with Crippen LogP contribution in [0.2, 0.25) is 0 Å². The minimum Gasteiger partial charge on any atom is -0.481 e. The Kier molecular flexibility index (Phi) is 1.90. The zero-order chi connectivity index (χ0) is 11.3. The maximum Gasteiger partial charge on any atom is 0.314 e. The number of carboxylic acid groups (broad SMARTS) is 1. The standard InChI is InChI=1S/C12H15NO2/c1-8-6-9(4-5-13-8)12(10(14)15)7-11(12,2)3/h4-6H,7H2,1-3H3,(H,14,15). The predicted molar refractivity (Wildman–Crippen MR) is 56.7 cm³/mol. The van der Waals surface area contributed by atoms with Gasteiger partial charge in [-0.25, -0.2) is 0 Å². The van der Waals surface area contributed by atoms with Gasteiger partial charge in [-0.1, -0.05) is 13.8 Å². The first-order valence-corrected chi connectivity index (χ1v) is 5.07. The van der Waals surface area contributed by atoms with Crippen LogP contribution >= 0.6 is 0 Å². The Labute approximate surface area is 89.2 Å². The van der Waals surface area contributed by atoms with E-state index >= 15 is 0 Å². The van der Waals surface area contributed by atoms with Crippen molar-refractivity contribution in [3.8, 4) is 0 Å². The first-order valence-electron chi connectivity index (χ1n) is 5.07. The Bertz CT molecular complexity index is 425. The number of rotatable bonds is 2. The molecule has 80 valence electrons. The summed E-state index contributed by atoms with van der Waals surface area (Å²) >= 11 is 0. The van der Waals surface area contributed by atoms with Crippen LogP contribution in [0.3, 0.4) is 0 Å². The smallest absolute Gasteiger partial charge is 0.314 e. The van der Waals surface area contributed by atoms with Crippen LogP contribution in [0.1, 0.15) is 31.5 Å². The van der Waals surface area contributed by atoms with Crippen molar-refractivity contribution in [2.24, 2.45) is 5.41 Å². The van der Waals surface area contributed by atoms with E-state index in [0.29, 0.717) is 6.42 Å². The molecule has 1 fully saturated rings. The molecule has 1 aromatic rings. The number of carbonyl (C=O) groups is 1. The van der Waals surface area contributed by atoms with Gasteiger partial charge in [0.15, 0.2) is 0 Å². The van der Waals surface area contributed by atoms with E-state index < -0.39 is 11.4 Å². The maximum absolute atomic E-state index is 11.4. The van der Waals surface area contributed by atoms with Gasteiger partial charge in [-0.15, -0.1) is 0 Å². The normalized spacial score (nSPS) is 27.4. The van der Waals surface area contributed by atoms with Crippen LogP contribution in [-0.4, -0.2) is 16.1 Å². The van der Waals surface area contributed by atoms with Crippen LogP contribution in [0.4, 0.5) is 0 Å². The molecule has 0 aromatic carbocycles. The van der Waals surface area contributed by atoms with E-state index in [1.54, 1.807) is 6.20 Å². The van der Waals surface area contributed by atoms with E-state index in [2.05, 4.69) is 4.98 Å². The second-order valence-electron chi connectivity index (χ2n) is 4.96. The highest BCUT2D eigenvalue weighted by Gasteiger charge is 2.67. The number of nitrogens with zero attached hydrogens (tertiary/aromatic N) is 1. The fourth-order valence-electron chi connectivity index (χ4n) is 2.41. The van der Waals surface area contributed by atoms with Crippen LogP contribution in [0, 0.1) is 12.3 Å². The topological polar surface area (TPSA) is 50.2 Å². The van der Waals surface area contributed by atoms with Gasteiger partial charge in [-0.2, -0.15) is 0 Å². The van der Waals surface area contributed by atoms with E-state index in [1.165, 1.54) is 0 Å². The molecule has 1 N–H and O–H groups in total. The first kappa shape index (κ1) is 10.1. The average molecular weight is 205 g/mol. The molecule has 0 aliphatic heterocycles. The molecule has 1 aromatic heterocycles. The molecule has 3 nitrogen and oxygen atoms in total. The predicted octanol–water partition coefficient (Wildman–Crippen LogP) is 2.14. The van der Waals surface area contributed by atoms with Crippen LogP contribution in [0.5, 0.6) is 0 Å². The average Bonchev–Trinajstić information content (AvgIpc) is 2.71. The minimum absolute atomic E-state index is 0.146. The Hall–Kier alpha value is -1.38. The van der Waals surface area contributed by atoms with Crippen molar-refractivity contribution in [2.75, 3.05) is 0 Å². The van der Waals surface area contributed by atoms with Crippen LogP contribution < -0.4 is 0 Å². The first-order chi connectivity index (χ1) is 6.90. The third-order valence-corrected chi connectivity index (χ3v) is 3.49. The Morgan fingerprint density at radius 2 is 2.13 bits per heavy atom. The lowest BCUT2D eigenvalue weighted by atomic mass is 9.88. The molecule has 15 heavy (non-hydrogen) atoms. The van der Waals surface area contributed by atoms with Gasteiger partial charge in [0.25, 0.3) is 0 Å². The van der Waals surface area contributed by atoms with Crippen molar-refractivity contribution in [3.63, 3.8) is 0 Å². The SMILES string of the molecule is Cc1cc(C2(C(=O)O)CC2(C)C)ccn1. The molecule has 0 bridgehead atoms. The monoisotopic (exact) mass is 205 g/mol. The quantitative estimate of drug-likeness (QED) is 0.804. The lowest BCUT2D eigenvalue weighted by molar-refractivity contribution is -0.141. The molecular formula is C12H15NO2. The summed E-state index contributed by atoms with van der Waals surface area (Å²) in [6, 6.07) is 3.69. The van der Waals surface area contributed by atoms with E-state index in [9.17, 15) is 9.90 Å². The van der Waals surface area contributed by atoms with Crippen molar-refractivity contribution in [2.45, 2.75) is 32.6 Å². The third-order valence-electron chi connectivity index (χ3n) is 3.49. The van der Waals surface area contributed by atoms with Crippen molar-refractivity contribution in [3.05, 3.63) is 29.6 Å². The largest absolute Gasteiger partial charge is 0.481 e. The highest BCUT2D eigenvalue weighted by atomic mass is 16.4. The van der Waals surface area contributed by atoms with E-state index in [0.717, 1.165) is 11.3 Å². The van der Waals surface area contributed by atoms with Gasteiger partial charge in [0, 0.05) is 11.9 Å². The molecule has 1 aliphatic carbocycles. The summed E-state index contributed by atoms with van der Waals surface area (Å²) in [6.07, 6.45) is 2.39. The van der Waals surface area contributed by atoms with Crippen LogP contribution in [0.15, 0.2) is 18.3 Å². The number of aryl methyl sites for hydroxylation is 1. The number of hydrogen-bond acceptors (Lipinski definition) is 2. The zero-order valence-electron chi connectivity index (χ0n) is 9.24. The Morgan fingerprint density at radius 3 is 2.53 bits per heavy atom. The van der Waals surface area contributed by atoms with Crippen molar-refractivity contribution in [1.29, 1.82) is 0 Å². The molecule has 1 atom stereocenters. The summed E-state index contributed by atoms with van der Waals surface area (Å²) in [7, 11) is 0. The van der Waals surface area contributed by atoms with Crippen molar-refractivity contribution < 1.29 is 9.90 Å². The maximum atomic E-state index is 11.4. The molecule has 1 heterocycles. The van der Waals surface area contributed by atoms with Gasteiger partial charge in [0.2, 0.25) is 0 Å². The number of aromatic nitrogens is 1. The van der Waals surface area contributed by atoms with Gasteiger partial charge in [0.1, 0.15) is 0 Å². The molecule has 3 heteroatoms. The fraction of sp³-hybridized carbons (Fsp3) is 0.500. The summed E-state index contributed by atoms with van der Waals surface area (Å²) in [6.45, 7) is 5.88. The molecule has 0 amide bonds. The molecule has 1 unspecified atom stereocenters. The molecule has 0 radical (unpaired) electrons. The van der Waals surface area contributed by atoms with Crippen LogP contribution in [-0.2, 0) is 10.2 Å².